The third kappa shape index (κ3) is 3.24. The van der Waals surface area contributed by atoms with Gasteiger partial charge in [-0.1, -0.05) is 62.7 Å². The minimum absolute atomic E-state index is 0.159. The Labute approximate surface area is 128 Å². The van der Waals surface area contributed by atoms with Gasteiger partial charge < -0.3 is 0 Å². The van der Waals surface area contributed by atoms with E-state index in [9.17, 15) is 4.79 Å². The van der Waals surface area contributed by atoms with Crippen molar-refractivity contribution in [1.29, 1.82) is 0 Å². The van der Waals surface area contributed by atoms with E-state index in [-0.39, 0.29) is 5.78 Å². The van der Waals surface area contributed by atoms with Crippen LogP contribution in [0.3, 0.4) is 0 Å². The van der Waals surface area contributed by atoms with Crippen molar-refractivity contribution in [2.45, 2.75) is 47.0 Å². The number of benzene rings is 2. The first-order valence-corrected chi connectivity index (χ1v) is 7.86. The molecule has 0 heterocycles. The van der Waals surface area contributed by atoms with Gasteiger partial charge in [0.05, 0.1) is 0 Å². The van der Waals surface area contributed by atoms with E-state index in [1.807, 2.05) is 31.2 Å². The summed E-state index contributed by atoms with van der Waals surface area (Å²) in [7, 11) is 0. The normalized spacial score (nSPS) is 10.7. The van der Waals surface area contributed by atoms with Crippen LogP contribution in [0.4, 0.5) is 0 Å². The topological polar surface area (TPSA) is 17.1 Å². The first-order valence-electron chi connectivity index (χ1n) is 7.86. The molecule has 0 atom stereocenters. The predicted octanol–water partition coefficient (Wildman–Crippen LogP) is 4.91. The zero-order valence-electron chi connectivity index (χ0n) is 13.5. The highest BCUT2D eigenvalue weighted by Crippen LogP contribution is 2.23. The summed E-state index contributed by atoms with van der Waals surface area (Å²) in [5.74, 6) is 0.159. The summed E-state index contributed by atoms with van der Waals surface area (Å²) in [4.78, 5) is 12.9. The van der Waals surface area contributed by atoms with Gasteiger partial charge in [-0.2, -0.15) is 0 Å². The molecule has 110 valence electrons. The van der Waals surface area contributed by atoms with E-state index in [1.165, 1.54) is 22.3 Å². The van der Waals surface area contributed by atoms with E-state index in [1.54, 1.807) is 0 Å². The molecule has 0 aliphatic rings. The van der Waals surface area contributed by atoms with Crippen LogP contribution in [0, 0.1) is 6.92 Å². The van der Waals surface area contributed by atoms with Crippen LogP contribution in [0.2, 0.25) is 0 Å². The average molecular weight is 280 g/mol. The van der Waals surface area contributed by atoms with E-state index >= 15 is 0 Å². The summed E-state index contributed by atoms with van der Waals surface area (Å²) in [6.45, 7) is 8.45. The van der Waals surface area contributed by atoms with Gasteiger partial charge in [0, 0.05) is 11.1 Å². The summed E-state index contributed by atoms with van der Waals surface area (Å²) in [6.07, 6.45) is 2.81. The van der Waals surface area contributed by atoms with E-state index in [0.717, 1.165) is 30.4 Å². The van der Waals surface area contributed by atoms with Crippen molar-refractivity contribution < 1.29 is 4.79 Å². The van der Waals surface area contributed by atoms with Gasteiger partial charge in [0.1, 0.15) is 0 Å². The van der Waals surface area contributed by atoms with E-state index in [0.29, 0.717) is 0 Å². The second kappa shape index (κ2) is 6.71. The lowest BCUT2D eigenvalue weighted by atomic mass is 9.89. The Morgan fingerprint density at radius 1 is 0.857 bits per heavy atom. The van der Waals surface area contributed by atoms with Crippen LogP contribution in [-0.4, -0.2) is 5.78 Å². The molecule has 1 nitrogen and oxygen atoms in total. The Morgan fingerprint density at radius 3 is 1.81 bits per heavy atom. The molecule has 0 saturated heterocycles. The fourth-order valence-corrected chi connectivity index (χ4v) is 2.74. The van der Waals surface area contributed by atoms with Crippen LogP contribution in [0.1, 0.15) is 58.9 Å². The van der Waals surface area contributed by atoms with Crippen molar-refractivity contribution in [2.24, 2.45) is 0 Å². The molecule has 0 bridgehead atoms. The fraction of sp³-hybridized carbons (Fsp3) is 0.350. The smallest absolute Gasteiger partial charge is 0.193 e. The third-order valence-electron chi connectivity index (χ3n) is 4.07. The van der Waals surface area contributed by atoms with Gasteiger partial charge in [-0.15, -0.1) is 0 Å². The van der Waals surface area contributed by atoms with Gasteiger partial charge in [-0.3, -0.25) is 4.79 Å². The number of hydrogen-bond acceptors (Lipinski definition) is 1. The Kier molecular flexibility index (Phi) is 4.95. The SMILES string of the molecule is CCc1cc(CC)c(C(=O)c2ccc(C)cc2)c(CC)c1. The van der Waals surface area contributed by atoms with Gasteiger partial charge in [-0.05, 0) is 42.9 Å². The highest BCUT2D eigenvalue weighted by atomic mass is 16.1. The number of aryl methyl sites for hydroxylation is 4. The summed E-state index contributed by atoms with van der Waals surface area (Å²) in [6, 6.07) is 12.3. The Morgan fingerprint density at radius 2 is 1.38 bits per heavy atom. The number of rotatable bonds is 5. The molecule has 2 aromatic rings. The second-order valence-electron chi connectivity index (χ2n) is 5.54. The number of carbonyl (C=O) groups excluding carboxylic acids is 1. The van der Waals surface area contributed by atoms with Gasteiger partial charge in [-0.25, -0.2) is 0 Å². The van der Waals surface area contributed by atoms with Gasteiger partial charge in [0.2, 0.25) is 0 Å². The maximum absolute atomic E-state index is 12.9. The summed E-state index contributed by atoms with van der Waals surface area (Å²) in [5.41, 5.74) is 6.56. The Bertz CT molecular complexity index is 610. The summed E-state index contributed by atoms with van der Waals surface area (Å²) >= 11 is 0. The van der Waals surface area contributed by atoms with Crippen LogP contribution in [0.25, 0.3) is 0 Å². The zero-order valence-corrected chi connectivity index (χ0v) is 13.5. The Balaban J connectivity index is 2.55. The lowest BCUT2D eigenvalue weighted by Crippen LogP contribution is -2.10. The van der Waals surface area contributed by atoms with E-state index in [2.05, 4.69) is 32.9 Å². The molecule has 21 heavy (non-hydrogen) atoms. The highest BCUT2D eigenvalue weighted by Gasteiger charge is 2.17. The lowest BCUT2D eigenvalue weighted by molar-refractivity contribution is 0.103. The molecule has 2 aromatic carbocycles. The van der Waals surface area contributed by atoms with Crippen molar-refractivity contribution in [3.05, 3.63) is 69.8 Å². The maximum atomic E-state index is 12.9. The molecule has 0 radical (unpaired) electrons. The first kappa shape index (κ1) is 15.5. The predicted molar refractivity (Wildman–Crippen MR) is 89.2 cm³/mol. The summed E-state index contributed by atoms with van der Waals surface area (Å²) in [5, 5.41) is 0. The quantitative estimate of drug-likeness (QED) is 0.711. The van der Waals surface area contributed by atoms with Crippen molar-refractivity contribution in [3.63, 3.8) is 0 Å². The van der Waals surface area contributed by atoms with E-state index < -0.39 is 0 Å². The molecule has 0 aliphatic heterocycles. The molecule has 0 fully saturated rings. The molecule has 0 saturated carbocycles. The van der Waals surface area contributed by atoms with Crippen LogP contribution in [-0.2, 0) is 19.3 Å². The largest absolute Gasteiger partial charge is 0.289 e. The second-order valence-corrected chi connectivity index (χ2v) is 5.54. The molecule has 0 aromatic heterocycles. The summed E-state index contributed by atoms with van der Waals surface area (Å²) < 4.78 is 0. The van der Waals surface area contributed by atoms with Crippen LogP contribution in [0.5, 0.6) is 0 Å². The minimum atomic E-state index is 0.159. The molecule has 0 N–H and O–H groups in total. The molecular formula is C20H24O. The third-order valence-corrected chi connectivity index (χ3v) is 4.07. The molecule has 1 heteroatoms. The molecule has 0 aliphatic carbocycles. The number of ketones is 1. The lowest BCUT2D eigenvalue weighted by Gasteiger charge is -2.15. The van der Waals surface area contributed by atoms with E-state index in [4.69, 9.17) is 0 Å². The minimum Gasteiger partial charge on any atom is -0.289 e. The Hall–Kier alpha value is -1.89. The average Bonchev–Trinajstić information content (AvgIpc) is 2.53. The van der Waals surface area contributed by atoms with Crippen molar-refractivity contribution in [2.75, 3.05) is 0 Å². The van der Waals surface area contributed by atoms with Crippen LogP contribution >= 0.6 is 0 Å². The molecule has 0 unspecified atom stereocenters. The first-order chi connectivity index (χ1) is 10.1. The van der Waals surface area contributed by atoms with Gasteiger partial charge in [0.25, 0.3) is 0 Å². The van der Waals surface area contributed by atoms with Crippen molar-refractivity contribution in [1.82, 2.24) is 0 Å². The number of hydrogen-bond donors (Lipinski definition) is 0. The maximum Gasteiger partial charge on any atom is 0.193 e. The van der Waals surface area contributed by atoms with Gasteiger partial charge >= 0.3 is 0 Å². The standard InChI is InChI=1S/C20H24O/c1-5-15-12-16(6-2)19(17(7-3)13-15)20(21)18-10-8-14(4)9-11-18/h8-13H,5-7H2,1-4H3. The fourth-order valence-electron chi connectivity index (χ4n) is 2.74. The number of carbonyl (C=O) groups is 1. The zero-order chi connectivity index (χ0) is 15.4. The molecule has 0 spiro atoms. The molecular weight excluding hydrogens is 256 g/mol. The highest BCUT2D eigenvalue weighted by molar-refractivity contribution is 6.11. The van der Waals surface area contributed by atoms with Crippen LogP contribution in [0.15, 0.2) is 36.4 Å². The molecule has 2 rings (SSSR count). The van der Waals surface area contributed by atoms with Gasteiger partial charge in [0.15, 0.2) is 5.78 Å². The molecule has 0 amide bonds. The monoisotopic (exact) mass is 280 g/mol. The van der Waals surface area contributed by atoms with Crippen molar-refractivity contribution in [3.8, 4) is 0 Å². The van der Waals surface area contributed by atoms with Crippen LogP contribution < -0.4 is 0 Å². The van der Waals surface area contributed by atoms with Crippen molar-refractivity contribution >= 4 is 5.78 Å².